The van der Waals surface area contributed by atoms with Crippen LogP contribution in [-0.2, 0) is 0 Å². The lowest BCUT2D eigenvalue weighted by molar-refractivity contribution is 0.404. The summed E-state index contributed by atoms with van der Waals surface area (Å²) in [5.74, 6) is 1.00. The van der Waals surface area contributed by atoms with Gasteiger partial charge in [-0.25, -0.2) is 0 Å². The lowest BCUT2D eigenvalue weighted by Gasteiger charge is -2.15. The van der Waals surface area contributed by atoms with Crippen molar-refractivity contribution >= 4 is 11.8 Å². The Labute approximate surface area is 102 Å². The molecule has 3 heteroatoms. The van der Waals surface area contributed by atoms with Gasteiger partial charge in [0.05, 0.1) is 7.11 Å². The van der Waals surface area contributed by atoms with E-state index in [0.717, 1.165) is 17.5 Å². The zero-order chi connectivity index (χ0) is 11.2. The zero-order valence-electron chi connectivity index (χ0n) is 9.74. The summed E-state index contributed by atoms with van der Waals surface area (Å²) in [6.07, 6.45) is 3.84. The fourth-order valence-corrected chi connectivity index (χ4v) is 3.30. The maximum absolute atomic E-state index is 5.38. The van der Waals surface area contributed by atoms with Gasteiger partial charge in [0.15, 0.2) is 0 Å². The summed E-state index contributed by atoms with van der Waals surface area (Å²) in [6.45, 7) is 2.32. The highest BCUT2D eigenvalue weighted by atomic mass is 32.2. The molecule has 2 nitrogen and oxygen atoms in total. The molecule has 0 aliphatic carbocycles. The van der Waals surface area contributed by atoms with Crippen LogP contribution in [-0.4, -0.2) is 25.4 Å². The predicted octanol–water partition coefficient (Wildman–Crippen LogP) is 2.93. The van der Waals surface area contributed by atoms with Crippen LogP contribution in [0.3, 0.4) is 0 Å². The van der Waals surface area contributed by atoms with Crippen LogP contribution >= 0.6 is 11.8 Å². The molecule has 1 N–H and O–H groups in total. The first kappa shape index (κ1) is 11.8. The molecular formula is C13H19NOS. The zero-order valence-corrected chi connectivity index (χ0v) is 10.6. The molecule has 0 aromatic heterocycles. The molecule has 0 bridgehead atoms. The molecule has 1 fully saturated rings. The third kappa shape index (κ3) is 3.16. The molecule has 0 amide bonds. The molecule has 16 heavy (non-hydrogen) atoms. The van der Waals surface area contributed by atoms with E-state index in [1.165, 1.54) is 30.7 Å². The van der Waals surface area contributed by atoms with Crippen molar-refractivity contribution in [3.63, 3.8) is 0 Å². The van der Waals surface area contributed by atoms with E-state index < -0.39 is 0 Å². The SMILES string of the molecule is COc1ccccc1SC1CCCNCC1. The summed E-state index contributed by atoms with van der Waals surface area (Å²) < 4.78 is 5.38. The van der Waals surface area contributed by atoms with Crippen LogP contribution < -0.4 is 10.1 Å². The number of methoxy groups -OCH3 is 1. The van der Waals surface area contributed by atoms with Gasteiger partial charge < -0.3 is 10.1 Å². The summed E-state index contributed by atoms with van der Waals surface area (Å²) in [6, 6.07) is 8.30. The van der Waals surface area contributed by atoms with Crippen LogP contribution in [0.25, 0.3) is 0 Å². The summed E-state index contributed by atoms with van der Waals surface area (Å²) in [4.78, 5) is 1.27. The van der Waals surface area contributed by atoms with Gasteiger partial charge in [-0.2, -0.15) is 0 Å². The highest BCUT2D eigenvalue weighted by Gasteiger charge is 2.14. The molecule has 0 radical (unpaired) electrons. The second-order valence-electron chi connectivity index (χ2n) is 4.07. The number of ether oxygens (including phenoxy) is 1. The molecule has 2 rings (SSSR count). The molecule has 1 saturated heterocycles. The third-order valence-electron chi connectivity index (χ3n) is 2.89. The largest absolute Gasteiger partial charge is 0.496 e. The minimum Gasteiger partial charge on any atom is -0.496 e. The molecule has 88 valence electrons. The van der Waals surface area contributed by atoms with Gasteiger partial charge in [-0.1, -0.05) is 12.1 Å². The minimum absolute atomic E-state index is 0.728. The topological polar surface area (TPSA) is 21.3 Å². The van der Waals surface area contributed by atoms with Gasteiger partial charge in [0.1, 0.15) is 5.75 Å². The van der Waals surface area contributed by atoms with Crippen LogP contribution in [0.4, 0.5) is 0 Å². The van der Waals surface area contributed by atoms with Crippen LogP contribution in [0.5, 0.6) is 5.75 Å². The Kier molecular flexibility index (Phi) is 4.55. The number of rotatable bonds is 3. The standard InChI is InChI=1S/C13H19NOS/c1-15-12-6-2-3-7-13(12)16-11-5-4-9-14-10-8-11/h2-3,6-7,11,14H,4-5,8-10H2,1H3. The van der Waals surface area contributed by atoms with Crippen molar-refractivity contribution in [2.24, 2.45) is 0 Å². The highest BCUT2D eigenvalue weighted by molar-refractivity contribution is 8.00. The van der Waals surface area contributed by atoms with E-state index >= 15 is 0 Å². The molecule has 1 aromatic rings. The second-order valence-corrected chi connectivity index (χ2v) is 5.41. The number of hydrogen-bond acceptors (Lipinski definition) is 3. The number of para-hydroxylation sites is 1. The molecule has 1 aliphatic rings. The van der Waals surface area contributed by atoms with E-state index in [1.807, 2.05) is 23.9 Å². The number of hydrogen-bond donors (Lipinski definition) is 1. The maximum Gasteiger partial charge on any atom is 0.132 e. The van der Waals surface area contributed by atoms with Crippen molar-refractivity contribution in [3.8, 4) is 5.75 Å². The Morgan fingerprint density at radius 2 is 2.12 bits per heavy atom. The van der Waals surface area contributed by atoms with Crippen molar-refractivity contribution in [1.82, 2.24) is 5.32 Å². The number of benzene rings is 1. The monoisotopic (exact) mass is 237 g/mol. The minimum atomic E-state index is 0.728. The van der Waals surface area contributed by atoms with E-state index in [2.05, 4.69) is 17.4 Å². The molecule has 1 unspecified atom stereocenters. The smallest absolute Gasteiger partial charge is 0.132 e. The molecular weight excluding hydrogens is 218 g/mol. The first-order chi connectivity index (χ1) is 7.90. The van der Waals surface area contributed by atoms with Crippen molar-refractivity contribution < 1.29 is 4.74 Å². The van der Waals surface area contributed by atoms with Crippen LogP contribution in [0.2, 0.25) is 0 Å². The first-order valence-electron chi connectivity index (χ1n) is 5.90. The maximum atomic E-state index is 5.38. The summed E-state index contributed by atoms with van der Waals surface area (Å²) in [5.41, 5.74) is 0. The van der Waals surface area contributed by atoms with E-state index in [4.69, 9.17) is 4.74 Å². The van der Waals surface area contributed by atoms with Gasteiger partial charge in [-0.3, -0.25) is 0 Å². The second kappa shape index (κ2) is 6.16. The Morgan fingerprint density at radius 1 is 1.25 bits per heavy atom. The van der Waals surface area contributed by atoms with E-state index in [1.54, 1.807) is 7.11 Å². The number of nitrogens with one attached hydrogen (secondary N) is 1. The Hall–Kier alpha value is -0.670. The van der Waals surface area contributed by atoms with Crippen LogP contribution in [0, 0.1) is 0 Å². The first-order valence-corrected chi connectivity index (χ1v) is 6.78. The fourth-order valence-electron chi connectivity index (χ4n) is 2.00. The molecule has 1 heterocycles. The van der Waals surface area contributed by atoms with Gasteiger partial charge in [-0.05, 0) is 44.5 Å². The van der Waals surface area contributed by atoms with Gasteiger partial charge in [-0.15, -0.1) is 11.8 Å². The fraction of sp³-hybridized carbons (Fsp3) is 0.538. The summed E-state index contributed by atoms with van der Waals surface area (Å²) in [7, 11) is 1.74. The highest BCUT2D eigenvalue weighted by Crippen LogP contribution is 2.35. The summed E-state index contributed by atoms with van der Waals surface area (Å²) in [5, 5.41) is 4.18. The predicted molar refractivity (Wildman–Crippen MR) is 69.4 cm³/mol. The van der Waals surface area contributed by atoms with E-state index in [9.17, 15) is 0 Å². The van der Waals surface area contributed by atoms with Gasteiger partial charge >= 0.3 is 0 Å². The summed E-state index contributed by atoms with van der Waals surface area (Å²) >= 11 is 1.96. The third-order valence-corrected chi connectivity index (χ3v) is 4.28. The molecule has 1 aromatic carbocycles. The quantitative estimate of drug-likeness (QED) is 0.873. The average Bonchev–Trinajstić information content (AvgIpc) is 2.58. The van der Waals surface area contributed by atoms with E-state index in [0.29, 0.717) is 0 Å². The van der Waals surface area contributed by atoms with Crippen LogP contribution in [0.15, 0.2) is 29.2 Å². The molecule has 1 atom stereocenters. The van der Waals surface area contributed by atoms with Crippen molar-refractivity contribution in [3.05, 3.63) is 24.3 Å². The lowest BCUT2D eigenvalue weighted by atomic mass is 10.2. The molecule has 0 saturated carbocycles. The molecule has 1 aliphatic heterocycles. The van der Waals surface area contributed by atoms with Crippen LogP contribution in [0.1, 0.15) is 19.3 Å². The molecule has 0 spiro atoms. The number of thioether (sulfide) groups is 1. The lowest BCUT2D eigenvalue weighted by Crippen LogP contribution is -2.14. The Bertz CT molecular complexity index is 321. The normalized spacial score (nSPS) is 21.4. The van der Waals surface area contributed by atoms with Gasteiger partial charge in [0.25, 0.3) is 0 Å². The van der Waals surface area contributed by atoms with Crippen molar-refractivity contribution in [2.45, 2.75) is 29.4 Å². The Morgan fingerprint density at radius 3 is 3.00 bits per heavy atom. The van der Waals surface area contributed by atoms with E-state index in [-0.39, 0.29) is 0 Å². The van der Waals surface area contributed by atoms with Crippen molar-refractivity contribution in [1.29, 1.82) is 0 Å². The van der Waals surface area contributed by atoms with Gasteiger partial charge in [0.2, 0.25) is 0 Å². The Balaban J connectivity index is 2.01. The van der Waals surface area contributed by atoms with Gasteiger partial charge in [0, 0.05) is 10.1 Å². The average molecular weight is 237 g/mol. The van der Waals surface area contributed by atoms with Crippen molar-refractivity contribution in [2.75, 3.05) is 20.2 Å².